The first-order valence-corrected chi connectivity index (χ1v) is 15.6. The molecule has 0 spiro atoms. The number of likely N-dealkylation sites (tertiary alicyclic amines) is 1. The minimum atomic E-state index is -4.22. The molecule has 0 aliphatic carbocycles. The van der Waals surface area contributed by atoms with Gasteiger partial charge in [-0.1, -0.05) is 72.3 Å². The maximum Gasteiger partial charge on any atom is 0.320 e. The zero-order valence-electron chi connectivity index (χ0n) is 23.3. The van der Waals surface area contributed by atoms with Gasteiger partial charge in [-0.15, -0.1) is 0 Å². The van der Waals surface area contributed by atoms with Gasteiger partial charge in [0, 0.05) is 24.7 Å². The van der Waals surface area contributed by atoms with Gasteiger partial charge < -0.3 is 15.6 Å². The molecule has 1 saturated heterocycles. The maximum atomic E-state index is 13.0. The summed E-state index contributed by atoms with van der Waals surface area (Å²) in [5.41, 5.74) is 8.30. The molecule has 222 valence electrons. The smallest absolute Gasteiger partial charge is 0.320 e. The summed E-state index contributed by atoms with van der Waals surface area (Å²) in [5, 5.41) is 17.1. The Morgan fingerprint density at radius 3 is 2.50 bits per heavy atom. The van der Waals surface area contributed by atoms with E-state index in [1.54, 1.807) is 48.6 Å². The highest BCUT2D eigenvalue weighted by atomic mass is 35.5. The second kappa shape index (κ2) is 13.9. The van der Waals surface area contributed by atoms with Crippen molar-refractivity contribution in [3.63, 3.8) is 0 Å². The number of amidine groups is 1. The normalized spacial score (nSPS) is 15.4. The summed E-state index contributed by atoms with van der Waals surface area (Å²) in [6.07, 6.45) is 4.89. The van der Waals surface area contributed by atoms with Crippen LogP contribution in [0.15, 0.2) is 78.9 Å². The number of nitrogens with one attached hydrogen (secondary N) is 1. The van der Waals surface area contributed by atoms with Crippen LogP contribution in [0.4, 0.5) is 5.69 Å². The van der Waals surface area contributed by atoms with Crippen molar-refractivity contribution in [2.45, 2.75) is 31.9 Å². The van der Waals surface area contributed by atoms with Crippen molar-refractivity contribution in [3.05, 3.63) is 101 Å². The molecule has 11 heteroatoms. The van der Waals surface area contributed by atoms with Crippen LogP contribution in [0.1, 0.15) is 42.5 Å². The predicted molar refractivity (Wildman–Crippen MR) is 167 cm³/mol. The van der Waals surface area contributed by atoms with E-state index in [-0.39, 0.29) is 29.2 Å². The van der Waals surface area contributed by atoms with E-state index >= 15 is 0 Å². The molecule has 1 atom stereocenters. The molecule has 0 aromatic heterocycles. The van der Waals surface area contributed by atoms with Crippen LogP contribution in [0.25, 0.3) is 6.08 Å². The van der Waals surface area contributed by atoms with Crippen molar-refractivity contribution in [1.29, 1.82) is 5.41 Å². The largest absolute Gasteiger partial charge is 0.489 e. The molecule has 1 aliphatic heterocycles. The maximum absolute atomic E-state index is 13.0. The van der Waals surface area contributed by atoms with E-state index in [1.807, 2.05) is 18.2 Å². The van der Waals surface area contributed by atoms with Gasteiger partial charge in [-0.3, -0.25) is 19.4 Å². The highest BCUT2D eigenvalue weighted by Gasteiger charge is 2.27. The Hall–Kier alpha value is -3.86. The molecule has 1 fully saturated rings. The molecule has 0 saturated carbocycles. The molecule has 3 aromatic carbocycles. The number of benzene rings is 3. The number of carboxylic acid groups (broad SMARTS) is 1. The molecular weight excluding hydrogens is 576 g/mol. The fraction of sp³-hybridized carbons (Fsp3) is 0.290. The number of piperidine rings is 1. The highest BCUT2D eigenvalue weighted by molar-refractivity contribution is 7.93. The molecule has 3 aromatic rings. The number of rotatable bonds is 12. The lowest BCUT2D eigenvalue weighted by atomic mass is 10.0. The van der Waals surface area contributed by atoms with E-state index in [4.69, 9.17) is 27.5 Å². The number of halogens is 1. The third kappa shape index (κ3) is 8.12. The third-order valence-corrected chi connectivity index (χ3v) is 9.16. The summed E-state index contributed by atoms with van der Waals surface area (Å²) in [6, 6.07) is 22.3. The average molecular weight is 611 g/mol. The number of carboxylic acids is 1. The van der Waals surface area contributed by atoms with Crippen LogP contribution < -0.4 is 14.8 Å². The molecule has 0 bridgehead atoms. The number of carbonyl (C=O) groups is 1. The quantitative estimate of drug-likeness (QED) is 0.190. The molecule has 42 heavy (non-hydrogen) atoms. The Balaban J connectivity index is 1.45. The van der Waals surface area contributed by atoms with Gasteiger partial charge in [0.2, 0.25) is 10.0 Å². The lowest BCUT2D eigenvalue weighted by Gasteiger charge is -2.36. The van der Waals surface area contributed by atoms with E-state index in [2.05, 4.69) is 24.0 Å². The van der Waals surface area contributed by atoms with Gasteiger partial charge in [-0.05, 0) is 55.2 Å². The molecule has 1 unspecified atom stereocenters. The summed E-state index contributed by atoms with van der Waals surface area (Å²) in [6.45, 7) is 3.82. The number of anilines is 1. The highest BCUT2D eigenvalue weighted by Crippen LogP contribution is 2.33. The number of hydrogen-bond donors (Lipinski definition) is 3. The fourth-order valence-electron chi connectivity index (χ4n) is 4.95. The first-order valence-electron chi connectivity index (χ1n) is 13.6. The van der Waals surface area contributed by atoms with E-state index in [0.29, 0.717) is 22.9 Å². The number of ether oxygens (including phenoxy) is 1. The van der Waals surface area contributed by atoms with Crippen LogP contribution in [0.5, 0.6) is 5.75 Å². The number of nitrogen functional groups attached to an aromatic ring is 1. The Labute approximate surface area is 251 Å². The molecule has 4 rings (SSSR count). The van der Waals surface area contributed by atoms with Crippen LogP contribution >= 0.6 is 11.6 Å². The van der Waals surface area contributed by atoms with Gasteiger partial charge in [0.15, 0.2) is 5.75 Å². The molecule has 0 radical (unpaired) electrons. The van der Waals surface area contributed by atoms with E-state index in [1.165, 1.54) is 11.6 Å². The molecule has 1 aliphatic rings. The van der Waals surface area contributed by atoms with Crippen LogP contribution in [0.2, 0.25) is 5.02 Å². The van der Waals surface area contributed by atoms with Crippen LogP contribution in [0.3, 0.4) is 0 Å². The van der Waals surface area contributed by atoms with Crippen LogP contribution in [0, 0.1) is 5.41 Å². The van der Waals surface area contributed by atoms with Crippen molar-refractivity contribution in [2.75, 3.05) is 29.7 Å². The number of sulfonamides is 1. The SMILES string of the molecule is CC(c1ccccc1)N1CCC(Oc2ccc(N(C/C=C/c3cccc(C(=N)N)c3)S(=O)(=O)CC(=O)O)cc2Cl)CC1. The lowest BCUT2D eigenvalue weighted by molar-refractivity contribution is -0.134. The molecule has 1 heterocycles. The number of nitrogens with two attached hydrogens (primary N) is 1. The lowest BCUT2D eigenvalue weighted by Crippen LogP contribution is -2.39. The Morgan fingerprint density at radius 2 is 1.86 bits per heavy atom. The van der Waals surface area contributed by atoms with Gasteiger partial charge in [0.25, 0.3) is 0 Å². The summed E-state index contributed by atoms with van der Waals surface area (Å²) in [5.74, 6) is -2.17. The van der Waals surface area contributed by atoms with Crippen LogP contribution in [-0.2, 0) is 14.8 Å². The zero-order valence-corrected chi connectivity index (χ0v) is 24.9. The third-order valence-electron chi connectivity index (χ3n) is 7.22. The van der Waals surface area contributed by atoms with Crippen molar-refractivity contribution in [3.8, 4) is 5.75 Å². The molecular formula is C31H35ClN4O5S. The fourth-order valence-corrected chi connectivity index (χ4v) is 6.39. The number of nitrogens with zero attached hydrogens (tertiary/aromatic N) is 2. The van der Waals surface area contributed by atoms with Crippen molar-refractivity contribution >= 4 is 45.2 Å². The minimum Gasteiger partial charge on any atom is -0.489 e. The van der Waals surface area contributed by atoms with E-state index < -0.39 is 21.7 Å². The zero-order chi connectivity index (χ0) is 30.3. The average Bonchev–Trinajstić information content (AvgIpc) is 2.96. The summed E-state index contributed by atoms with van der Waals surface area (Å²) < 4.78 is 33.3. The van der Waals surface area contributed by atoms with E-state index in [0.717, 1.165) is 30.2 Å². The van der Waals surface area contributed by atoms with Crippen LogP contribution in [-0.4, -0.2) is 61.7 Å². The Bertz CT molecular complexity index is 1540. The standard InChI is InChI=1S/C31H35ClN4O5S/c1-22(24-9-3-2-4-10-24)35-17-14-27(15-18-35)41-29-13-12-26(20-28(29)32)36(42(39,40)21-30(37)38)16-6-8-23-7-5-11-25(19-23)31(33)34/h2-13,19-20,22,27H,14-18,21H2,1H3,(H3,33,34)(H,37,38)/b8-6+. The molecule has 4 N–H and O–H groups in total. The van der Waals surface area contributed by atoms with E-state index in [9.17, 15) is 18.3 Å². The minimum absolute atomic E-state index is 0.0341. The Morgan fingerprint density at radius 1 is 1.14 bits per heavy atom. The van der Waals surface area contributed by atoms with Crippen molar-refractivity contribution in [2.24, 2.45) is 5.73 Å². The molecule has 0 amide bonds. The second-order valence-corrected chi connectivity index (χ2v) is 12.5. The summed E-state index contributed by atoms with van der Waals surface area (Å²) >= 11 is 6.56. The number of aliphatic carboxylic acids is 1. The second-order valence-electron chi connectivity index (χ2n) is 10.2. The van der Waals surface area contributed by atoms with Crippen molar-refractivity contribution in [1.82, 2.24) is 4.90 Å². The molecule has 9 nitrogen and oxygen atoms in total. The van der Waals surface area contributed by atoms with Gasteiger partial charge >= 0.3 is 5.97 Å². The van der Waals surface area contributed by atoms with Crippen molar-refractivity contribution < 1.29 is 23.1 Å². The monoisotopic (exact) mass is 610 g/mol. The van der Waals surface area contributed by atoms with Gasteiger partial charge in [-0.25, -0.2) is 8.42 Å². The van der Waals surface area contributed by atoms with Gasteiger partial charge in [0.05, 0.1) is 17.3 Å². The summed E-state index contributed by atoms with van der Waals surface area (Å²) in [4.78, 5) is 13.8. The predicted octanol–water partition coefficient (Wildman–Crippen LogP) is 5.16. The first-order chi connectivity index (χ1) is 20.0. The topological polar surface area (TPSA) is 137 Å². The van der Waals surface area contributed by atoms with Gasteiger partial charge in [0.1, 0.15) is 17.7 Å². The van der Waals surface area contributed by atoms with Gasteiger partial charge in [-0.2, -0.15) is 0 Å². The number of hydrogen-bond acceptors (Lipinski definition) is 6. The first kappa shape index (κ1) is 31.1. The Kier molecular flexibility index (Phi) is 10.3. The summed E-state index contributed by atoms with van der Waals surface area (Å²) in [7, 11) is -4.22.